The summed E-state index contributed by atoms with van der Waals surface area (Å²) in [6.45, 7) is 4.49. The molecule has 7 heteroatoms. The van der Waals surface area contributed by atoms with Crippen LogP contribution < -0.4 is 9.47 Å². The number of benzene rings is 2. The van der Waals surface area contributed by atoms with Gasteiger partial charge in [0.25, 0.3) is 0 Å². The number of carboxylic acids is 1. The van der Waals surface area contributed by atoms with E-state index in [4.69, 9.17) is 18.6 Å². The highest BCUT2D eigenvalue weighted by atomic mass is 16.5. The minimum absolute atomic E-state index is 0.367. The number of allylic oxidation sites excluding steroid dienone is 1. The van der Waals surface area contributed by atoms with Gasteiger partial charge >= 0.3 is 5.97 Å². The van der Waals surface area contributed by atoms with Gasteiger partial charge in [-0.2, -0.15) is 0 Å². The van der Waals surface area contributed by atoms with Crippen LogP contribution in [0.4, 0.5) is 0 Å². The number of nitrogens with zero attached hydrogens (tertiary/aromatic N) is 1. The number of hydrogen-bond donors (Lipinski definition) is 1. The van der Waals surface area contributed by atoms with E-state index < -0.39 is 12.1 Å². The smallest absolute Gasteiger partial charge is 0.332 e. The van der Waals surface area contributed by atoms with Crippen molar-refractivity contribution in [2.75, 3.05) is 20.3 Å². The van der Waals surface area contributed by atoms with Crippen molar-refractivity contribution in [3.63, 3.8) is 0 Å². The van der Waals surface area contributed by atoms with Crippen LogP contribution in [0.15, 0.2) is 59.0 Å². The number of ether oxygens (including phenoxy) is 3. The summed E-state index contributed by atoms with van der Waals surface area (Å²) >= 11 is 0. The number of oxazole rings is 1. The second-order valence-electron chi connectivity index (χ2n) is 7.65. The van der Waals surface area contributed by atoms with Crippen LogP contribution in [-0.2, 0) is 16.0 Å². The lowest BCUT2D eigenvalue weighted by Crippen LogP contribution is -2.23. The summed E-state index contributed by atoms with van der Waals surface area (Å²) in [5.41, 5.74) is 2.65. The third-order valence-electron chi connectivity index (χ3n) is 5.26. The molecule has 0 aliphatic carbocycles. The standard InChI is InChI=1S/C27H31NO6/c1-4-32-25(27(29)30)13-9-8-12-21-18-22(31-3)14-15-24(21)33-17-16-23-19(2)34-26(28-23)20-10-6-5-7-11-20/h5-8,10-12,14-15,18,25H,4,9,13,16-17H2,1-3H3,(H,29,30). The topological polar surface area (TPSA) is 91.0 Å². The van der Waals surface area contributed by atoms with Gasteiger partial charge < -0.3 is 23.7 Å². The van der Waals surface area contributed by atoms with Crippen molar-refractivity contribution in [3.05, 3.63) is 71.6 Å². The lowest BCUT2D eigenvalue weighted by molar-refractivity contribution is -0.150. The summed E-state index contributed by atoms with van der Waals surface area (Å²) in [6.07, 6.45) is 4.60. The fourth-order valence-electron chi connectivity index (χ4n) is 3.47. The molecule has 0 fully saturated rings. The zero-order valence-corrected chi connectivity index (χ0v) is 19.8. The lowest BCUT2D eigenvalue weighted by atomic mass is 10.1. The summed E-state index contributed by atoms with van der Waals surface area (Å²) in [5, 5.41) is 9.21. The van der Waals surface area contributed by atoms with E-state index in [9.17, 15) is 9.90 Å². The predicted molar refractivity (Wildman–Crippen MR) is 130 cm³/mol. The average Bonchev–Trinajstić information content (AvgIpc) is 3.22. The number of rotatable bonds is 13. The zero-order chi connectivity index (χ0) is 24.3. The molecule has 1 atom stereocenters. The Hall–Kier alpha value is -3.58. The number of aromatic nitrogens is 1. The third-order valence-corrected chi connectivity index (χ3v) is 5.26. The van der Waals surface area contributed by atoms with E-state index in [1.807, 2.05) is 67.6 Å². The second kappa shape index (κ2) is 12.6. The maximum atomic E-state index is 11.2. The van der Waals surface area contributed by atoms with E-state index in [1.165, 1.54) is 0 Å². The van der Waals surface area contributed by atoms with E-state index >= 15 is 0 Å². The summed E-state index contributed by atoms with van der Waals surface area (Å²) in [7, 11) is 1.61. The van der Waals surface area contributed by atoms with Gasteiger partial charge in [0.15, 0.2) is 6.10 Å². The van der Waals surface area contributed by atoms with Crippen LogP contribution in [0.25, 0.3) is 17.5 Å². The highest BCUT2D eigenvalue weighted by Crippen LogP contribution is 2.27. The van der Waals surface area contributed by atoms with E-state index in [0.717, 1.165) is 22.6 Å². The molecule has 7 nitrogen and oxygen atoms in total. The summed E-state index contributed by atoms with van der Waals surface area (Å²) < 4.78 is 22.5. The minimum atomic E-state index is -0.945. The van der Waals surface area contributed by atoms with Crippen LogP contribution in [-0.4, -0.2) is 42.5 Å². The fourth-order valence-corrected chi connectivity index (χ4v) is 3.47. The maximum absolute atomic E-state index is 11.2. The van der Waals surface area contributed by atoms with Crippen LogP contribution in [0.5, 0.6) is 11.5 Å². The van der Waals surface area contributed by atoms with E-state index in [-0.39, 0.29) is 0 Å². The molecule has 0 radical (unpaired) electrons. The third kappa shape index (κ3) is 6.96. The van der Waals surface area contributed by atoms with Crippen molar-refractivity contribution in [3.8, 4) is 23.0 Å². The Labute approximate surface area is 200 Å². The van der Waals surface area contributed by atoms with Crippen molar-refractivity contribution in [1.29, 1.82) is 0 Å². The molecular weight excluding hydrogens is 434 g/mol. The van der Waals surface area contributed by atoms with Crippen molar-refractivity contribution < 1.29 is 28.5 Å². The highest BCUT2D eigenvalue weighted by molar-refractivity contribution is 5.72. The van der Waals surface area contributed by atoms with Gasteiger partial charge in [0.2, 0.25) is 5.89 Å². The van der Waals surface area contributed by atoms with Crippen molar-refractivity contribution in [2.45, 2.75) is 39.2 Å². The molecule has 0 spiro atoms. The first-order valence-electron chi connectivity index (χ1n) is 11.3. The molecule has 3 aromatic rings. The molecule has 1 N–H and O–H groups in total. The van der Waals surface area contributed by atoms with Crippen LogP contribution in [0.2, 0.25) is 0 Å². The Kier molecular flexibility index (Phi) is 9.29. The Morgan fingerprint density at radius 2 is 2.00 bits per heavy atom. The molecule has 34 heavy (non-hydrogen) atoms. The first-order valence-corrected chi connectivity index (χ1v) is 11.3. The SMILES string of the molecule is CCOC(CCC=Cc1cc(OC)ccc1OCCc1nc(-c2ccccc2)oc1C)C(=O)O. The minimum Gasteiger partial charge on any atom is -0.497 e. The van der Waals surface area contributed by atoms with Crippen molar-refractivity contribution >= 4 is 12.0 Å². The van der Waals surface area contributed by atoms with Gasteiger partial charge in [0.05, 0.1) is 19.4 Å². The quantitative estimate of drug-likeness (QED) is 0.353. The molecule has 3 rings (SSSR count). The first-order chi connectivity index (χ1) is 16.5. The first kappa shape index (κ1) is 25.1. The molecule has 1 unspecified atom stereocenters. The van der Waals surface area contributed by atoms with Crippen molar-refractivity contribution in [2.24, 2.45) is 0 Å². The molecule has 1 heterocycles. The fraction of sp³-hybridized carbons (Fsp3) is 0.333. The molecule has 0 saturated heterocycles. The van der Waals surface area contributed by atoms with Gasteiger partial charge in [-0.3, -0.25) is 0 Å². The average molecular weight is 466 g/mol. The van der Waals surface area contributed by atoms with Gasteiger partial charge in [0.1, 0.15) is 17.3 Å². The van der Waals surface area contributed by atoms with E-state index in [2.05, 4.69) is 4.98 Å². The molecule has 180 valence electrons. The van der Waals surface area contributed by atoms with Gasteiger partial charge in [-0.15, -0.1) is 0 Å². The largest absolute Gasteiger partial charge is 0.497 e. The van der Waals surface area contributed by atoms with E-state index in [1.54, 1.807) is 14.0 Å². The zero-order valence-electron chi connectivity index (χ0n) is 19.8. The molecule has 0 amide bonds. The molecular formula is C27H31NO6. The van der Waals surface area contributed by atoms with Crippen LogP contribution in [0.1, 0.15) is 36.8 Å². The molecule has 0 aliphatic heterocycles. The maximum Gasteiger partial charge on any atom is 0.332 e. The summed E-state index contributed by atoms with van der Waals surface area (Å²) in [5.74, 6) is 1.86. The molecule has 1 aromatic heterocycles. The number of aryl methyl sites for hydroxylation is 1. The van der Waals surface area contributed by atoms with Crippen LogP contribution in [0, 0.1) is 6.92 Å². The van der Waals surface area contributed by atoms with E-state index in [0.29, 0.717) is 49.9 Å². The Morgan fingerprint density at radius 3 is 2.71 bits per heavy atom. The Balaban J connectivity index is 1.62. The summed E-state index contributed by atoms with van der Waals surface area (Å²) in [4.78, 5) is 15.9. The van der Waals surface area contributed by atoms with Crippen LogP contribution in [0.3, 0.4) is 0 Å². The number of aliphatic carboxylic acids is 1. The monoisotopic (exact) mass is 465 g/mol. The molecule has 0 saturated carbocycles. The number of carbonyl (C=O) groups is 1. The van der Waals surface area contributed by atoms with Gasteiger partial charge in [-0.25, -0.2) is 9.78 Å². The normalized spacial score (nSPS) is 12.1. The number of methoxy groups -OCH3 is 1. The van der Waals surface area contributed by atoms with Crippen molar-refractivity contribution in [1.82, 2.24) is 4.98 Å². The number of carboxylic acid groups (broad SMARTS) is 1. The van der Waals surface area contributed by atoms with Gasteiger partial charge in [-0.1, -0.05) is 30.4 Å². The van der Waals surface area contributed by atoms with Crippen LogP contribution >= 0.6 is 0 Å². The molecule has 0 aliphatic rings. The lowest BCUT2D eigenvalue weighted by Gasteiger charge is -2.11. The Morgan fingerprint density at radius 1 is 1.21 bits per heavy atom. The predicted octanol–water partition coefficient (Wildman–Crippen LogP) is 5.56. The number of hydrogen-bond acceptors (Lipinski definition) is 6. The Bertz CT molecular complexity index is 1090. The van der Waals surface area contributed by atoms with Gasteiger partial charge in [-0.05, 0) is 57.0 Å². The second-order valence-corrected chi connectivity index (χ2v) is 7.65. The highest BCUT2D eigenvalue weighted by Gasteiger charge is 2.16. The summed E-state index contributed by atoms with van der Waals surface area (Å²) in [6, 6.07) is 15.4. The molecule has 0 bridgehead atoms. The van der Waals surface area contributed by atoms with Gasteiger partial charge in [0, 0.05) is 24.2 Å². The molecule has 2 aromatic carbocycles.